The van der Waals surface area contributed by atoms with Gasteiger partial charge in [-0.05, 0) is 37.5 Å². The Morgan fingerprint density at radius 3 is 2.60 bits per heavy atom. The third-order valence-corrected chi connectivity index (χ3v) is 3.26. The third kappa shape index (κ3) is 1.72. The Labute approximate surface area is 88.9 Å². The van der Waals surface area contributed by atoms with E-state index in [1.165, 1.54) is 0 Å². The molecule has 0 bridgehead atoms. The fourth-order valence-corrected chi connectivity index (χ4v) is 2.66. The van der Waals surface area contributed by atoms with Crippen LogP contribution in [0.5, 0.6) is 5.75 Å². The molecule has 1 fully saturated rings. The number of halogens is 1. The zero-order valence-corrected chi connectivity index (χ0v) is 8.83. The zero-order chi connectivity index (χ0) is 11.1. The van der Waals surface area contributed by atoms with Gasteiger partial charge in [0.2, 0.25) is 0 Å². The quantitative estimate of drug-likeness (QED) is 0.783. The van der Waals surface area contributed by atoms with Crippen molar-refractivity contribution in [3.05, 3.63) is 29.8 Å². The number of alkyl halides is 1. The molecule has 0 spiro atoms. The van der Waals surface area contributed by atoms with E-state index in [4.69, 9.17) is 5.73 Å². The highest BCUT2D eigenvalue weighted by atomic mass is 19.1. The number of nitrogens with two attached hydrogens (primary N) is 1. The molecule has 0 saturated heterocycles. The standard InChI is InChI=1S/C12H16FNO/c1-11(13)6-12(7-11,8-14)9-3-2-4-10(15)5-9/h2-5,15H,6-8,14H2,1H3. The Bertz CT molecular complexity index is 368. The van der Waals surface area contributed by atoms with E-state index in [-0.39, 0.29) is 11.2 Å². The van der Waals surface area contributed by atoms with E-state index < -0.39 is 5.67 Å². The van der Waals surface area contributed by atoms with Gasteiger partial charge in [-0.1, -0.05) is 12.1 Å². The van der Waals surface area contributed by atoms with Crippen LogP contribution in [0.4, 0.5) is 4.39 Å². The molecular weight excluding hydrogens is 193 g/mol. The molecule has 0 heterocycles. The van der Waals surface area contributed by atoms with Gasteiger partial charge in [0.1, 0.15) is 11.4 Å². The second-order valence-electron chi connectivity index (χ2n) is 4.80. The highest BCUT2D eigenvalue weighted by Crippen LogP contribution is 2.51. The summed E-state index contributed by atoms with van der Waals surface area (Å²) >= 11 is 0. The normalized spacial score (nSPS) is 34.9. The van der Waals surface area contributed by atoms with Crippen LogP contribution in [0.25, 0.3) is 0 Å². The van der Waals surface area contributed by atoms with Crippen LogP contribution >= 0.6 is 0 Å². The zero-order valence-electron chi connectivity index (χ0n) is 8.83. The van der Waals surface area contributed by atoms with Gasteiger partial charge in [-0.3, -0.25) is 0 Å². The van der Waals surface area contributed by atoms with E-state index in [0.717, 1.165) is 5.56 Å². The number of hydrogen-bond acceptors (Lipinski definition) is 2. The van der Waals surface area contributed by atoms with E-state index in [9.17, 15) is 9.50 Å². The van der Waals surface area contributed by atoms with Gasteiger partial charge < -0.3 is 10.8 Å². The summed E-state index contributed by atoms with van der Waals surface area (Å²) in [4.78, 5) is 0. The molecule has 1 aromatic rings. The Balaban J connectivity index is 2.29. The summed E-state index contributed by atoms with van der Waals surface area (Å²) in [6.07, 6.45) is 0.889. The monoisotopic (exact) mass is 209 g/mol. The van der Waals surface area contributed by atoms with Crippen molar-refractivity contribution in [2.75, 3.05) is 6.54 Å². The predicted molar refractivity (Wildman–Crippen MR) is 57.6 cm³/mol. The lowest BCUT2D eigenvalue weighted by Gasteiger charge is -2.50. The molecule has 0 unspecified atom stereocenters. The minimum absolute atomic E-state index is 0.216. The van der Waals surface area contributed by atoms with Crippen molar-refractivity contribution < 1.29 is 9.50 Å². The molecule has 82 valence electrons. The first-order valence-corrected chi connectivity index (χ1v) is 5.16. The van der Waals surface area contributed by atoms with Gasteiger partial charge in [0.15, 0.2) is 0 Å². The molecule has 0 aromatic heterocycles. The molecule has 0 amide bonds. The van der Waals surface area contributed by atoms with E-state index in [2.05, 4.69) is 0 Å². The average Bonchev–Trinajstić information content (AvgIpc) is 2.13. The fourth-order valence-electron chi connectivity index (χ4n) is 2.66. The number of benzene rings is 1. The van der Waals surface area contributed by atoms with Crippen LogP contribution in [0.15, 0.2) is 24.3 Å². The molecule has 0 aliphatic heterocycles. The van der Waals surface area contributed by atoms with Crippen molar-refractivity contribution >= 4 is 0 Å². The Kier molecular flexibility index (Phi) is 2.23. The molecule has 1 aromatic carbocycles. The maximum atomic E-state index is 13.6. The first-order chi connectivity index (χ1) is 6.97. The van der Waals surface area contributed by atoms with Gasteiger partial charge in [-0.2, -0.15) is 0 Å². The van der Waals surface area contributed by atoms with Gasteiger partial charge in [0.05, 0.1) is 0 Å². The topological polar surface area (TPSA) is 46.2 Å². The van der Waals surface area contributed by atoms with Crippen LogP contribution in [-0.2, 0) is 5.41 Å². The second kappa shape index (κ2) is 3.20. The smallest absolute Gasteiger partial charge is 0.115 e. The maximum Gasteiger partial charge on any atom is 0.115 e. The average molecular weight is 209 g/mol. The lowest BCUT2D eigenvalue weighted by Crippen LogP contribution is -2.54. The number of rotatable bonds is 2. The summed E-state index contributed by atoms with van der Waals surface area (Å²) in [5.74, 6) is 0.216. The van der Waals surface area contributed by atoms with Crippen molar-refractivity contribution in [3.63, 3.8) is 0 Å². The van der Waals surface area contributed by atoms with Gasteiger partial charge in [-0.25, -0.2) is 4.39 Å². The summed E-state index contributed by atoms with van der Waals surface area (Å²) in [5, 5.41) is 9.39. The Morgan fingerprint density at radius 2 is 2.13 bits per heavy atom. The van der Waals surface area contributed by atoms with E-state index in [1.807, 2.05) is 6.07 Å². The van der Waals surface area contributed by atoms with Crippen LogP contribution < -0.4 is 5.73 Å². The van der Waals surface area contributed by atoms with Crippen LogP contribution in [-0.4, -0.2) is 17.3 Å². The summed E-state index contributed by atoms with van der Waals surface area (Å²) in [7, 11) is 0. The Morgan fingerprint density at radius 1 is 1.47 bits per heavy atom. The van der Waals surface area contributed by atoms with Crippen molar-refractivity contribution in [1.82, 2.24) is 0 Å². The van der Waals surface area contributed by atoms with E-state index >= 15 is 0 Å². The van der Waals surface area contributed by atoms with Crippen LogP contribution in [0.3, 0.4) is 0 Å². The highest BCUT2D eigenvalue weighted by Gasteiger charge is 2.52. The third-order valence-electron chi connectivity index (χ3n) is 3.26. The second-order valence-corrected chi connectivity index (χ2v) is 4.80. The lowest BCUT2D eigenvalue weighted by molar-refractivity contribution is 0.00264. The molecule has 0 atom stereocenters. The first kappa shape index (κ1) is 10.4. The van der Waals surface area contributed by atoms with Gasteiger partial charge in [0, 0.05) is 12.0 Å². The van der Waals surface area contributed by atoms with Crippen LogP contribution in [0.1, 0.15) is 25.3 Å². The van der Waals surface area contributed by atoms with Gasteiger partial charge in [-0.15, -0.1) is 0 Å². The minimum Gasteiger partial charge on any atom is -0.508 e. The number of phenolic OH excluding ortho intramolecular Hbond substituents is 1. The molecule has 2 nitrogen and oxygen atoms in total. The van der Waals surface area contributed by atoms with Crippen molar-refractivity contribution in [1.29, 1.82) is 0 Å². The van der Waals surface area contributed by atoms with E-state index in [1.54, 1.807) is 25.1 Å². The largest absolute Gasteiger partial charge is 0.508 e. The lowest BCUT2D eigenvalue weighted by atomic mass is 9.57. The minimum atomic E-state index is -1.11. The van der Waals surface area contributed by atoms with Crippen LogP contribution in [0, 0.1) is 0 Å². The molecule has 15 heavy (non-hydrogen) atoms. The van der Waals surface area contributed by atoms with Crippen molar-refractivity contribution in [2.24, 2.45) is 5.73 Å². The summed E-state index contributed by atoms with van der Waals surface area (Å²) in [6.45, 7) is 2.03. The van der Waals surface area contributed by atoms with Crippen molar-refractivity contribution in [3.8, 4) is 5.75 Å². The maximum absolute atomic E-state index is 13.6. The van der Waals surface area contributed by atoms with Crippen LogP contribution in [0.2, 0.25) is 0 Å². The number of aromatic hydroxyl groups is 1. The summed E-state index contributed by atoms with van der Waals surface area (Å²) in [5.41, 5.74) is 5.29. The molecule has 2 rings (SSSR count). The number of phenols is 1. The molecule has 1 aliphatic rings. The predicted octanol–water partition coefficient (Wildman–Crippen LogP) is 2.11. The fraction of sp³-hybridized carbons (Fsp3) is 0.500. The molecule has 0 radical (unpaired) electrons. The first-order valence-electron chi connectivity index (χ1n) is 5.16. The highest BCUT2D eigenvalue weighted by molar-refractivity contribution is 5.37. The van der Waals surface area contributed by atoms with E-state index in [0.29, 0.717) is 19.4 Å². The number of hydrogen-bond donors (Lipinski definition) is 2. The van der Waals surface area contributed by atoms with Gasteiger partial charge >= 0.3 is 0 Å². The summed E-state index contributed by atoms with van der Waals surface area (Å²) < 4.78 is 13.6. The Hall–Kier alpha value is -1.09. The summed E-state index contributed by atoms with van der Waals surface area (Å²) in [6, 6.07) is 6.97. The molecular formula is C12H16FNO. The van der Waals surface area contributed by atoms with Gasteiger partial charge in [0.25, 0.3) is 0 Å². The van der Waals surface area contributed by atoms with Crippen molar-refractivity contribution in [2.45, 2.75) is 30.8 Å². The molecule has 1 aliphatic carbocycles. The molecule has 1 saturated carbocycles. The SMILES string of the molecule is CC1(F)CC(CN)(c2cccc(O)c2)C1. The molecule has 3 N–H and O–H groups in total. The molecule has 3 heteroatoms.